The highest BCUT2D eigenvalue weighted by Crippen LogP contribution is 2.36. The molecule has 5 heteroatoms. The fourth-order valence-corrected chi connectivity index (χ4v) is 2.71. The fourth-order valence-electron chi connectivity index (χ4n) is 2.71. The van der Waals surface area contributed by atoms with E-state index < -0.39 is 5.92 Å². The number of alkyl halides is 2. The van der Waals surface area contributed by atoms with Crippen molar-refractivity contribution in [3.05, 3.63) is 0 Å². The number of carbonyl (C=O) groups is 2. The summed E-state index contributed by atoms with van der Waals surface area (Å²) in [4.78, 5) is 23.0. The van der Waals surface area contributed by atoms with Crippen molar-refractivity contribution in [3.63, 3.8) is 0 Å². The second-order valence-electron chi connectivity index (χ2n) is 5.45. The molecule has 2 saturated carbocycles. The molecule has 0 saturated heterocycles. The van der Waals surface area contributed by atoms with E-state index in [1.165, 1.54) is 0 Å². The summed E-state index contributed by atoms with van der Waals surface area (Å²) in [7, 11) is 0. The first-order valence-corrected chi connectivity index (χ1v) is 6.66. The summed E-state index contributed by atoms with van der Waals surface area (Å²) >= 11 is 0. The first-order chi connectivity index (χ1) is 8.46. The van der Waals surface area contributed by atoms with Gasteiger partial charge in [-0.3, -0.25) is 9.59 Å². The molecule has 102 valence electrons. The van der Waals surface area contributed by atoms with E-state index in [0.29, 0.717) is 25.7 Å². The SMILES string of the molecule is O=C1CCC(NC(=O)C2CCC(F)(F)CC2)CC1. The van der Waals surface area contributed by atoms with Crippen LogP contribution in [0.15, 0.2) is 0 Å². The number of nitrogens with one attached hydrogen (secondary N) is 1. The molecule has 2 rings (SSSR count). The van der Waals surface area contributed by atoms with Crippen LogP contribution >= 0.6 is 0 Å². The monoisotopic (exact) mass is 259 g/mol. The molecule has 0 aromatic heterocycles. The smallest absolute Gasteiger partial charge is 0.248 e. The average molecular weight is 259 g/mol. The number of hydrogen-bond acceptors (Lipinski definition) is 2. The van der Waals surface area contributed by atoms with E-state index in [1.54, 1.807) is 0 Å². The molecule has 0 heterocycles. The molecule has 2 aliphatic rings. The molecule has 2 aliphatic carbocycles. The van der Waals surface area contributed by atoms with E-state index in [2.05, 4.69) is 5.32 Å². The van der Waals surface area contributed by atoms with Gasteiger partial charge in [-0.15, -0.1) is 0 Å². The van der Waals surface area contributed by atoms with Crippen LogP contribution in [0.5, 0.6) is 0 Å². The summed E-state index contributed by atoms with van der Waals surface area (Å²) in [6.45, 7) is 0. The predicted molar refractivity (Wildman–Crippen MR) is 62.3 cm³/mol. The minimum absolute atomic E-state index is 0.0534. The molecule has 2 fully saturated rings. The first-order valence-electron chi connectivity index (χ1n) is 6.66. The van der Waals surface area contributed by atoms with Crippen LogP contribution in [0.4, 0.5) is 8.78 Å². The molecule has 1 N–H and O–H groups in total. The molecule has 1 amide bonds. The van der Waals surface area contributed by atoms with E-state index in [4.69, 9.17) is 0 Å². The maximum atomic E-state index is 13.0. The minimum Gasteiger partial charge on any atom is -0.353 e. The third-order valence-corrected chi connectivity index (χ3v) is 3.98. The Morgan fingerprint density at radius 1 is 1.11 bits per heavy atom. The Labute approximate surface area is 105 Å². The lowest BCUT2D eigenvalue weighted by molar-refractivity contribution is -0.131. The van der Waals surface area contributed by atoms with E-state index >= 15 is 0 Å². The fraction of sp³-hybridized carbons (Fsp3) is 0.846. The summed E-state index contributed by atoms with van der Waals surface area (Å²) in [6.07, 6.45) is 2.58. The summed E-state index contributed by atoms with van der Waals surface area (Å²) in [5, 5.41) is 2.90. The van der Waals surface area contributed by atoms with Gasteiger partial charge >= 0.3 is 0 Å². The van der Waals surface area contributed by atoms with Gasteiger partial charge in [0.05, 0.1) is 0 Å². The molecule has 0 unspecified atom stereocenters. The Kier molecular flexibility index (Phi) is 3.97. The lowest BCUT2D eigenvalue weighted by atomic mass is 9.85. The molecular formula is C13H19F2NO2. The van der Waals surface area contributed by atoms with Crippen LogP contribution in [0.25, 0.3) is 0 Å². The second kappa shape index (κ2) is 5.33. The van der Waals surface area contributed by atoms with Gasteiger partial charge in [0.1, 0.15) is 5.78 Å². The summed E-state index contributed by atoms with van der Waals surface area (Å²) < 4.78 is 25.9. The van der Waals surface area contributed by atoms with Crippen LogP contribution in [0.1, 0.15) is 51.4 Å². The zero-order chi connectivity index (χ0) is 13.2. The Morgan fingerprint density at radius 3 is 2.22 bits per heavy atom. The van der Waals surface area contributed by atoms with Crippen molar-refractivity contribution >= 4 is 11.7 Å². The van der Waals surface area contributed by atoms with Crippen molar-refractivity contribution < 1.29 is 18.4 Å². The van der Waals surface area contributed by atoms with Gasteiger partial charge in [-0.2, -0.15) is 0 Å². The Hall–Kier alpha value is -1.00. The topological polar surface area (TPSA) is 46.2 Å². The van der Waals surface area contributed by atoms with Gasteiger partial charge in [-0.1, -0.05) is 0 Å². The lowest BCUT2D eigenvalue weighted by Crippen LogP contribution is -2.42. The van der Waals surface area contributed by atoms with Crippen molar-refractivity contribution in [2.45, 2.75) is 63.3 Å². The van der Waals surface area contributed by atoms with Crippen LogP contribution in [0.3, 0.4) is 0 Å². The van der Waals surface area contributed by atoms with E-state index in [9.17, 15) is 18.4 Å². The molecule has 0 atom stereocenters. The predicted octanol–water partition coefficient (Wildman–Crippen LogP) is 2.44. The molecule has 0 radical (unpaired) electrons. The van der Waals surface area contributed by atoms with Crippen molar-refractivity contribution in [1.29, 1.82) is 0 Å². The average Bonchev–Trinajstić information content (AvgIpc) is 2.32. The van der Waals surface area contributed by atoms with Crippen LogP contribution in [0, 0.1) is 5.92 Å². The van der Waals surface area contributed by atoms with E-state index in [0.717, 1.165) is 0 Å². The van der Waals surface area contributed by atoms with Crippen LogP contribution in [0.2, 0.25) is 0 Å². The minimum atomic E-state index is -2.59. The number of amides is 1. The molecule has 0 aromatic rings. The van der Waals surface area contributed by atoms with Crippen LogP contribution in [-0.4, -0.2) is 23.7 Å². The van der Waals surface area contributed by atoms with Crippen LogP contribution in [-0.2, 0) is 9.59 Å². The van der Waals surface area contributed by atoms with Crippen molar-refractivity contribution in [2.75, 3.05) is 0 Å². The number of rotatable bonds is 2. The zero-order valence-corrected chi connectivity index (χ0v) is 10.4. The van der Waals surface area contributed by atoms with E-state index in [1.807, 2.05) is 0 Å². The van der Waals surface area contributed by atoms with E-state index in [-0.39, 0.29) is 49.3 Å². The quantitative estimate of drug-likeness (QED) is 0.828. The van der Waals surface area contributed by atoms with Gasteiger partial charge in [-0.05, 0) is 25.7 Å². The standard InChI is InChI=1S/C13H19F2NO2/c14-13(15)7-5-9(6-8-13)12(18)16-10-1-3-11(17)4-2-10/h9-10H,1-8H2,(H,16,18). The Balaban J connectivity index is 1.77. The van der Waals surface area contributed by atoms with Crippen molar-refractivity contribution in [2.24, 2.45) is 5.92 Å². The number of halogens is 2. The number of Topliss-reactive ketones (excluding diaryl/α,β-unsaturated/α-hetero) is 1. The third kappa shape index (κ3) is 3.50. The maximum Gasteiger partial charge on any atom is 0.248 e. The van der Waals surface area contributed by atoms with Gasteiger partial charge in [0, 0.05) is 37.6 Å². The van der Waals surface area contributed by atoms with Crippen molar-refractivity contribution in [3.8, 4) is 0 Å². The van der Waals surface area contributed by atoms with Crippen molar-refractivity contribution in [1.82, 2.24) is 5.32 Å². The summed E-state index contributed by atoms with van der Waals surface area (Å²) in [5.74, 6) is -2.72. The largest absolute Gasteiger partial charge is 0.353 e. The van der Waals surface area contributed by atoms with Gasteiger partial charge in [0.15, 0.2) is 0 Å². The molecule has 3 nitrogen and oxygen atoms in total. The Bertz CT molecular complexity index is 324. The number of carbonyl (C=O) groups excluding carboxylic acids is 2. The summed E-state index contributed by atoms with van der Waals surface area (Å²) in [5.41, 5.74) is 0. The third-order valence-electron chi connectivity index (χ3n) is 3.98. The molecule has 0 bridgehead atoms. The summed E-state index contributed by atoms with van der Waals surface area (Å²) in [6, 6.07) is 0.0534. The number of hydrogen-bond donors (Lipinski definition) is 1. The molecule has 0 aliphatic heterocycles. The molecule has 18 heavy (non-hydrogen) atoms. The first kappa shape index (κ1) is 13.4. The zero-order valence-electron chi connectivity index (χ0n) is 10.4. The lowest BCUT2D eigenvalue weighted by Gasteiger charge is -2.29. The molecular weight excluding hydrogens is 240 g/mol. The normalized spacial score (nSPS) is 26.0. The molecule has 0 aromatic carbocycles. The molecule has 0 spiro atoms. The van der Waals surface area contributed by atoms with Gasteiger partial charge in [0.2, 0.25) is 11.8 Å². The van der Waals surface area contributed by atoms with Gasteiger partial charge in [-0.25, -0.2) is 8.78 Å². The second-order valence-corrected chi connectivity index (χ2v) is 5.45. The highest BCUT2D eigenvalue weighted by atomic mass is 19.3. The number of ketones is 1. The van der Waals surface area contributed by atoms with Crippen LogP contribution < -0.4 is 5.32 Å². The van der Waals surface area contributed by atoms with Gasteiger partial charge < -0.3 is 5.32 Å². The van der Waals surface area contributed by atoms with Gasteiger partial charge in [0.25, 0.3) is 0 Å². The Morgan fingerprint density at radius 2 is 1.67 bits per heavy atom. The highest BCUT2D eigenvalue weighted by molar-refractivity contribution is 5.81. The highest BCUT2D eigenvalue weighted by Gasteiger charge is 2.37. The maximum absolute atomic E-state index is 13.0.